The summed E-state index contributed by atoms with van der Waals surface area (Å²) in [6.07, 6.45) is -5.21. The molecule has 3 fully saturated rings. The van der Waals surface area contributed by atoms with E-state index in [1.807, 2.05) is 0 Å². The van der Waals surface area contributed by atoms with E-state index in [9.17, 15) is 20.0 Å². The van der Waals surface area contributed by atoms with Gasteiger partial charge in [-0.05, 0) is 23.6 Å². The summed E-state index contributed by atoms with van der Waals surface area (Å²) in [5.41, 5.74) is 12.8. The van der Waals surface area contributed by atoms with Crippen molar-refractivity contribution in [3.05, 3.63) is 25.3 Å². The zero-order valence-corrected chi connectivity index (χ0v) is 26.9. The highest BCUT2D eigenvalue weighted by Gasteiger charge is 2.52. The standard InChI is InChI=1S/C20H24N10O10P2S2.2H3N/c21-15-9-17(25-3-23-15)29(5-27-9)19-12(32)13-8(38-19)2-36-42(34,44)40-14-11(31)7(1-35-41(33,43)39-13)37-20(14)30-6-28-10-16(22)24-4-26-18(10)30;;/h3-8,11-14,19-20,31-32H,1-2H2,(H,33,43)(H,34,44)(H2,21,23,25)(H2,22,24,26);2*1H3/t7-,8-,11-,12-,13-,14-,19-,20-,41?,42?;;/m1../s1. The number of imidazole rings is 2. The maximum Gasteiger partial charge on any atom is 0.325 e. The first-order valence-electron chi connectivity index (χ1n) is 12.8. The van der Waals surface area contributed by atoms with Gasteiger partial charge in [0.2, 0.25) is 0 Å². The number of aromatic nitrogens is 8. The highest BCUT2D eigenvalue weighted by molar-refractivity contribution is 8.07. The van der Waals surface area contributed by atoms with Crippen molar-refractivity contribution in [3.8, 4) is 0 Å². The Labute approximate surface area is 268 Å². The molecular formula is C20H30N12O10P2S2. The Kier molecular flexibility index (Phi) is 9.74. The average Bonchev–Trinajstić information content (AvgIpc) is 3.73. The van der Waals surface area contributed by atoms with Crippen LogP contribution in [0.25, 0.3) is 22.3 Å². The molecular weight excluding hydrogens is 694 g/mol. The fraction of sp³-hybridized carbons (Fsp3) is 0.500. The number of hydrogen-bond acceptors (Lipinski definition) is 20. The van der Waals surface area contributed by atoms with Crippen LogP contribution in [0.3, 0.4) is 0 Å². The maximum atomic E-state index is 11.3. The molecule has 7 rings (SSSR count). The molecule has 3 aliphatic heterocycles. The molecule has 0 amide bonds. The van der Waals surface area contributed by atoms with E-state index in [4.69, 9.17) is 62.6 Å². The third-order valence-corrected chi connectivity index (χ3v) is 10.4. The third-order valence-electron chi connectivity index (χ3n) is 7.26. The first-order valence-corrected chi connectivity index (χ1v) is 17.9. The second-order valence-corrected chi connectivity index (χ2v) is 15.5. The van der Waals surface area contributed by atoms with Gasteiger partial charge in [-0.2, -0.15) is 0 Å². The Hall–Kier alpha value is -2.48. The predicted octanol–water partition coefficient (Wildman–Crippen LogP) is -1.08. The minimum atomic E-state index is -4.16. The molecule has 26 heteroatoms. The molecule has 3 saturated heterocycles. The van der Waals surface area contributed by atoms with E-state index in [0.29, 0.717) is 0 Å². The van der Waals surface area contributed by atoms with E-state index in [1.165, 1.54) is 34.4 Å². The summed E-state index contributed by atoms with van der Waals surface area (Å²) in [6.45, 7) is -9.28. The number of hydrogen-bond donors (Lipinski definition) is 8. The van der Waals surface area contributed by atoms with Gasteiger partial charge in [0, 0.05) is 0 Å². The van der Waals surface area contributed by atoms with Crippen LogP contribution in [0.5, 0.6) is 0 Å². The zero-order valence-electron chi connectivity index (χ0n) is 23.4. The summed E-state index contributed by atoms with van der Waals surface area (Å²) in [4.78, 5) is 46.6. The van der Waals surface area contributed by atoms with Gasteiger partial charge in [-0.15, -0.1) is 0 Å². The lowest BCUT2D eigenvalue weighted by molar-refractivity contribution is -0.0606. The van der Waals surface area contributed by atoms with Crippen LogP contribution in [0.1, 0.15) is 12.5 Å². The predicted molar refractivity (Wildman–Crippen MR) is 164 cm³/mol. The Bertz CT molecular complexity index is 1840. The third kappa shape index (κ3) is 6.12. The number of nitrogens with zero attached hydrogens (tertiary/aromatic N) is 8. The minimum Gasteiger partial charge on any atom is -0.387 e. The Morgan fingerprint density at radius 1 is 0.696 bits per heavy atom. The number of nitrogen functional groups attached to an aromatic ring is 2. The van der Waals surface area contributed by atoms with E-state index in [0.717, 1.165) is 0 Å². The highest BCUT2D eigenvalue weighted by Crippen LogP contribution is 2.54. The SMILES string of the molecule is N.N.Nc1ncnc2c1ncn2[C@@H]1O[C@@H]2COP(O)(=S)O[C@@H]3[C@H](O)[C@@H](COP(O)(=S)O[C@H]2[C@H]1O)O[C@H]3n1cnc2c(N)ncnc21. The van der Waals surface area contributed by atoms with Gasteiger partial charge in [-0.25, -0.2) is 29.9 Å². The molecule has 3 aliphatic rings. The van der Waals surface area contributed by atoms with E-state index in [1.54, 1.807) is 0 Å². The van der Waals surface area contributed by atoms with Crippen molar-refractivity contribution in [2.45, 2.75) is 49.1 Å². The zero-order chi connectivity index (χ0) is 31.0. The van der Waals surface area contributed by atoms with Crippen molar-refractivity contribution in [1.29, 1.82) is 0 Å². The van der Waals surface area contributed by atoms with Gasteiger partial charge in [-0.1, -0.05) is 0 Å². The summed E-state index contributed by atoms with van der Waals surface area (Å²) in [6, 6.07) is 0. The summed E-state index contributed by atoms with van der Waals surface area (Å²) in [5.74, 6) is 0.212. The number of rotatable bonds is 2. The number of aliphatic hydroxyl groups is 2. The van der Waals surface area contributed by atoms with Crippen LogP contribution in [-0.4, -0.2) is 109 Å². The topological polar surface area (TPSA) is 346 Å². The van der Waals surface area contributed by atoms with E-state index >= 15 is 0 Å². The molecule has 14 N–H and O–H groups in total. The Morgan fingerprint density at radius 3 is 1.74 bits per heavy atom. The smallest absolute Gasteiger partial charge is 0.325 e. The van der Waals surface area contributed by atoms with Gasteiger partial charge in [-0.3, -0.25) is 18.2 Å². The van der Waals surface area contributed by atoms with Gasteiger partial charge < -0.3 is 62.3 Å². The molecule has 252 valence electrons. The fourth-order valence-electron chi connectivity index (χ4n) is 5.22. The lowest BCUT2D eigenvalue weighted by Gasteiger charge is -2.28. The largest absolute Gasteiger partial charge is 0.387 e. The summed E-state index contributed by atoms with van der Waals surface area (Å²) in [7, 11) is 0. The Morgan fingerprint density at radius 2 is 1.17 bits per heavy atom. The molecule has 4 aromatic rings. The van der Waals surface area contributed by atoms with Crippen LogP contribution in [0.2, 0.25) is 0 Å². The van der Waals surface area contributed by atoms with E-state index in [2.05, 4.69) is 29.9 Å². The van der Waals surface area contributed by atoms with Crippen LogP contribution in [-0.2, 0) is 51.2 Å². The fourth-order valence-corrected chi connectivity index (χ4v) is 8.08. The van der Waals surface area contributed by atoms with Crippen LogP contribution < -0.4 is 23.8 Å². The molecule has 2 unspecified atom stereocenters. The molecule has 2 bridgehead atoms. The van der Waals surface area contributed by atoms with Gasteiger partial charge in [0.05, 0.1) is 25.9 Å². The lowest BCUT2D eigenvalue weighted by atomic mass is 10.1. The molecule has 0 aliphatic carbocycles. The second kappa shape index (κ2) is 12.9. The van der Waals surface area contributed by atoms with Crippen molar-refractivity contribution in [2.24, 2.45) is 0 Å². The van der Waals surface area contributed by atoms with Crippen molar-refractivity contribution in [1.82, 2.24) is 51.3 Å². The highest BCUT2D eigenvalue weighted by atomic mass is 32.5. The molecule has 46 heavy (non-hydrogen) atoms. The van der Waals surface area contributed by atoms with Crippen LogP contribution in [0.4, 0.5) is 11.6 Å². The maximum absolute atomic E-state index is 11.3. The Balaban J connectivity index is 0.00000208. The van der Waals surface area contributed by atoms with Crippen LogP contribution >= 0.6 is 13.4 Å². The normalized spacial score (nSPS) is 36.6. The number of anilines is 2. The van der Waals surface area contributed by atoms with Crippen molar-refractivity contribution >= 4 is 71.0 Å². The number of ether oxygens (including phenoxy) is 2. The first kappa shape index (κ1) is 34.8. The van der Waals surface area contributed by atoms with Crippen molar-refractivity contribution in [2.75, 3.05) is 24.7 Å². The minimum absolute atomic E-state index is 0. The van der Waals surface area contributed by atoms with E-state index < -0.39 is 75.7 Å². The van der Waals surface area contributed by atoms with Gasteiger partial charge in [0.15, 0.2) is 35.4 Å². The number of fused-ring (bicyclic) bond motifs is 5. The average molecular weight is 725 g/mol. The van der Waals surface area contributed by atoms with E-state index in [-0.39, 0.29) is 46.3 Å². The molecule has 0 aromatic carbocycles. The summed E-state index contributed by atoms with van der Waals surface area (Å²) >= 11 is 10.5. The molecule has 10 atom stereocenters. The van der Waals surface area contributed by atoms with Crippen LogP contribution in [0, 0.1) is 0 Å². The van der Waals surface area contributed by atoms with Crippen molar-refractivity contribution < 1.29 is 47.6 Å². The second-order valence-electron chi connectivity index (χ2n) is 9.95. The first-order chi connectivity index (χ1) is 20.9. The summed E-state index contributed by atoms with van der Waals surface area (Å²) < 4.78 is 37.5. The molecule has 0 saturated carbocycles. The number of aliphatic hydroxyl groups excluding tert-OH is 2. The van der Waals surface area contributed by atoms with Gasteiger partial charge in [0.1, 0.15) is 60.3 Å². The quantitative estimate of drug-likeness (QED) is 0.114. The molecule has 0 radical (unpaired) electrons. The monoisotopic (exact) mass is 724 g/mol. The van der Waals surface area contributed by atoms with Crippen LogP contribution in [0.15, 0.2) is 25.3 Å². The van der Waals surface area contributed by atoms with Gasteiger partial charge >= 0.3 is 13.4 Å². The molecule has 7 heterocycles. The van der Waals surface area contributed by atoms with Gasteiger partial charge in [0.25, 0.3) is 0 Å². The number of nitrogens with two attached hydrogens (primary N) is 2. The molecule has 22 nitrogen and oxygen atoms in total. The molecule has 4 aromatic heterocycles. The van der Waals surface area contributed by atoms with Crippen molar-refractivity contribution in [3.63, 3.8) is 0 Å². The lowest BCUT2D eigenvalue weighted by Crippen LogP contribution is -2.36. The summed E-state index contributed by atoms with van der Waals surface area (Å²) in [5, 5.41) is 22.4. The molecule has 0 spiro atoms.